The molecule has 76 valence electrons. The van der Waals surface area contributed by atoms with Gasteiger partial charge in [-0.3, -0.25) is 4.79 Å². The smallest absolute Gasteiger partial charge is 0.219 e. The van der Waals surface area contributed by atoms with E-state index in [1.807, 2.05) is 0 Å². The normalized spacial score (nSPS) is 31.5. The molecule has 0 aromatic rings. The number of hydrogen-bond donors (Lipinski definition) is 2. The average Bonchev–Trinajstić information content (AvgIpc) is 2.24. The number of nitrogens with one attached hydrogen (secondary N) is 1. The summed E-state index contributed by atoms with van der Waals surface area (Å²) in [5, 5.41) is 2.38. The summed E-state index contributed by atoms with van der Waals surface area (Å²) in [6.45, 7) is 1.73. The molecule has 1 amide bonds. The van der Waals surface area contributed by atoms with Crippen LogP contribution in [0.15, 0.2) is 0 Å². The fraction of sp³-hybridized carbons (Fsp3) is 0.857. The van der Waals surface area contributed by atoms with Crippen LogP contribution in [0.25, 0.3) is 0 Å². The molecule has 0 aromatic heterocycles. The molecule has 0 aliphatic carbocycles. The van der Waals surface area contributed by atoms with Crippen LogP contribution in [0.4, 0.5) is 0 Å². The van der Waals surface area contributed by atoms with Crippen LogP contribution in [-0.4, -0.2) is 37.1 Å². The molecule has 4 nitrogen and oxygen atoms in total. The van der Waals surface area contributed by atoms with E-state index in [-0.39, 0.29) is 28.7 Å². The number of rotatable bonds is 2. The fourth-order valence-corrected chi connectivity index (χ4v) is 4.03. The monoisotopic (exact) mass is 223 g/mol. The van der Waals surface area contributed by atoms with Crippen LogP contribution in [0.1, 0.15) is 13.3 Å². The van der Waals surface area contributed by atoms with E-state index < -0.39 is 9.84 Å². The maximum Gasteiger partial charge on any atom is 0.219 e. The van der Waals surface area contributed by atoms with E-state index >= 15 is 0 Å². The number of thiol groups is 1. The van der Waals surface area contributed by atoms with Gasteiger partial charge in [-0.05, 0) is 0 Å². The van der Waals surface area contributed by atoms with Gasteiger partial charge in [0.15, 0.2) is 9.84 Å². The van der Waals surface area contributed by atoms with Crippen LogP contribution in [-0.2, 0) is 14.6 Å². The van der Waals surface area contributed by atoms with Crippen molar-refractivity contribution in [1.29, 1.82) is 0 Å². The maximum absolute atomic E-state index is 11.1. The number of amides is 1. The third-order valence-corrected chi connectivity index (χ3v) is 4.51. The Bertz CT molecular complexity index is 299. The minimum atomic E-state index is -2.99. The first-order chi connectivity index (χ1) is 5.94. The highest BCUT2D eigenvalue weighted by Gasteiger charge is 2.35. The van der Waals surface area contributed by atoms with Gasteiger partial charge in [0.2, 0.25) is 5.91 Å². The van der Waals surface area contributed by atoms with Crippen LogP contribution in [0, 0.1) is 0 Å². The van der Waals surface area contributed by atoms with Gasteiger partial charge in [0.05, 0.1) is 17.5 Å². The van der Waals surface area contributed by atoms with Crippen molar-refractivity contribution in [3.8, 4) is 0 Å². The van der Waals surface area contributed by atoms with Crippen molar-refractivity contribution in [2.75, 3.05) is 11.5 Å². The Morgan fingerprint density at radius 2 is 2.15 bits per heavy atom. The topological polar surface area (TPSA) is 63.2 Å². The van der Waals surface area contributed by atoms with Crippen molar-refractivity contribution >= 4 is 28.4 Å². The SMILES string of the molecule is CCC(=O)N[C@H]1CS(=O)(=O)C[C@@H]1S. The number of sulfone groups is 1. The van der Waals surface area contributed by atoms with Crippen molar-refractivity contribution < 1.29 is 13.2 Å². The zero-order valence-electron chi connectivity index (χ0n) is 7.36. The molecule has 0 bridgehead atoms. The van der Waals surface area contributed by atoms with E-state index in [1.54, 1.807) is 6.92 Å². The number of carbonyl (C=O) groups is 1. The second-order valence-corrected chi connectivity index (χ2v) is 5.99. The summed E-state index contributed by atoms with van der Waals surface area (Å²) in [5.74, 6) is -0.0429. The highest BCUT2D eigenvalue weighted by molar-refractivity contribution is 7.93. The first kappa shape index (κ1) is 10.8. The van der Waals surface area contributed by atoms with E-state index in [0.29, 0.717) is 6.42 Å². The van der Waals surface area contributed by atoms with Gasteiger partial charge in [-0.25, -0.2) is 8.42 Å². The van der Waals surface area contributed by atoms with E-state index in [9.17, 15) is 13.2 Å². The minimum absolute atomic E-state index is 0.0207. The lowest BCUT2D eigenvalue weighted by Gasteiger charge is -2.13. The molecule has 1 heterocycles. The summed E-state index contributed by atoms with van der Waals surface area (Å²) in [6.07, 6.45) is 0.372. The molecule has 0 saturated carbocycles. The summed E-state index contributed by atoms with van der Waals surface area (Å²) >= 11 is 4.12. The van der Waals surface area contributed by atoms with Crippen LogP contribution in [0.2, 0.25) is 0 Å². The molecule has 0 aromatic carbocycles. The molecule has 1 saturated heterocycles. The Kier molecular flexibility index (Phi) is 3.23. The van der Waals surface area contributed by atoms with Crippen molar-refractivity contribution in [3.05, 3.63) is 0 Å². The van der Waals surface area contributed by atoms with Gasteiger partial charge in [0, 0.05) is 11.7 Å². The molecule has 1 fully saturated rings. The standard InChI is InChI=1S/C7H13NO3S2/c1-2-7(9)8-5-3-13(10,11)4-6(5)12/h5-6,12H,2-4H2,1H3,(H,8,9)/t5-,6-/m0/s1. The predicted molar refractivity (Wildman–Crippen MR) is 53.6 cm³/mol. The van der Waals surface area contributed by atoms with Gasteiger partial charge in [-0.15, -0.1) is 0 Å². The summed E-state index contributed by atoms with van der Waals surface area (Å²) in [6, 6.07) is -0.319. The van der Waals surface area contributed by atoms with Gasteiger partial charge in [0.1, 0.15) is 0 Å². The van der Waals surface area contributed by atoms with E-state index in [2.05, 4.69) is 17.9 Å². The molecule has 1 aliphatic rings. The van der Waals surface area contributed by atoms with Gasteiger partial charge in [-0.2, -0.15) is 12.6 Å². The van der Waals surface area contributed by atoms with Crippen LogP contribution in [0.3, 0.4) is 0 Å². The third-order valence-electron chi connectivity index (χ3n) is 1.99. The zero-order chi connectivity index (χ0) is 10.1. The average molecular weight is 223 g/mol. The van der Waals surface area contributed by atoms with E-state index in [0.717, 1.165) is 0 Å². The Balaban J connectivity index is 2.59. The lowest BCUT2D eigenvalue weighted by molar-refractivity contribution is -0.121. The Morgan fingerprint density at radius 3 is 2.54 bits per heavy atom. The molecular weight excluding hydrogens is 210 g/mol. The van der Waals surface area contributed by atoms with Gasteiger partial charge < -0.3 is 5.32 Å². The fourth-order valence-electron chi connectivity index (χ4n) is 1.28. The van der Waals surface area contributed by atoms with Crippen molar-refractivity contribution in [3.63, 3.8) is 0 Å². The molecule has 0 radical (unpaired) electrons. The second kappa shape index (κ2) is 3.88. The van der Waals surface area contributed by atoms with Crippen LogP contribution >= 0.6 is 12.6 Å². The molecule has 0 unspecified atom stereocenters. The molecule has 0 spiro atoms. The van der Waals surface area contributed by atoms with Crippen LogP contribution in [0.5, 0.6) is 0 Å². The maximum atomic E-state index is 11.1. The van der Waals surface area contributed by atoms with Gasteiger partial charge >= 0.3 is 0 Å². The van der Waals surface area contributed by atoms with Gasteiger partial charge in [-0.1, -0.05) is 6.92 Å². The first-order valence-corrected chi connectivity index (χ1v) is 6.46. The highest BCUT2D eigenvalue weighted by Crippen LogP contribution is 2.17. The van der Waals surface area contributed by atoms with Crippen molar-refractivity contribution in [1.82, 2.24) is 5.32 Å². The number of hydrogen-bond acceptors (Lipinski definition) is 4. The summed E-state index contributed by atoms with van der Waals surface area (Å²) < 4.78 is 22.2. The molecule has 1 rings (SSSR count). The highest BCUT2D eigenvalue weighted by atomic mass is 32.2. The van der Waals surface area contributed by atoms with Crippen molar-refractivity contribution in [2.45, 2.75) is 24.6 Å². The molecule has 2 atom stereocenters. The lowest BCUT2D eigenvalue weighted by atomic mass is 10.2. The van der Waals surface area contributed by atoms with Gasteiger partial charge in [0.25, 0.3) is 0 Å². The largest absolute Gasteiger partial charge is 0.351 e. The quantitative estimate of drug-likeness (QED) is 0.627. The summed E-state index contributed by atoms with van der Waals surface area (Å²) in [4.78, 5) is 11.0. The molecule has 1 aliphatic heterocycles. The minimum Gasteiger partial charge on any atom is -0.351 e. The van der Waals surface area contributed by atoms with E-state index in [1.165, 1.54) is 0 Å². The van der Waals surface area contributed by atoms with Crippen LogP contribution < -0.4 is 5.32 Å². The van der Waals surface area contributed by atoms with Crippen molar-refractivity contribution in [2.24, 2.45) is 0 Å². The Hall–Kier alpha value is -0.230. The number of carbonyl (C=O) groups excluding carboxylic acids is 1. The Labute approximate surface area is 83.4 Å². The first-order valence-electron chi connectivity index (χ1n) is 4.12. The summed E-state index contributed by atoms with van der Waals surface area (Å²) in [7, 11) is -2.99. The second-order valence-electron chi connectivity index (χ2n) is 3.17. The van der Waals surface area contributed by atoms with E-state index in [4.69, 9.17) is 0 Å². The predicted octanol–water partition coefficient (Wildman–Crippen LogP) is -0.392. The lowest BCUT2D eigenvalue weighted by Crippen LogP contribution is -2.40. The Morgan fingerprint density at radius 1 is 1.54 bits per heavy atom. The third kappa shape index (κ3) is 2.87. The zero-order valence-corrected chi connectivity index (χ0v) is 9.07. The molecule has 13 heavy (non-hydrogen) atoms. The summed E-state index contributed by atoms with van der Waals surface area (Å²) in [5.41, 5.74) is 0. The molecular formula is C7H13NO3S2. The molecule has 6 heteroatoms. The molecule has 1 N–H and O–H groups in total.